The molecule has 0 spiro atoms. The highest BCUT2D eigenvalue weighted by atomic mass is 16.4. The number of anilines is 1. The number of benzene rings is 1. The number of rotatable bonds is 8. The van der Waals surface area contributed by atoms with Crippen LogP contribution in [0.2, 0.25) is 0 Å². The van der Waals surface area contributed by atoms with E-state index >= 15 is 0 Å². The minimum Gasteiger partial charge on any atom is -0.480 e. The SMILES string of the molecule is CC(=O)N(CC(=O)O)C(=O)C(Nc1ccc(C(=O)O)c(C(=O)O)c1)C(C)C. The lowest BCUT2D eigenvalue weighted by molar-refractivity contribution is -0.152. The number of nitrogens with zero attached hydrogens (tertiary/aromatic N) is 1. The summed E-state index contributed by atoms with van der Waals surface area (Å²) in [6, 6.07) is 2.39. The van der Waals surface area contributed by atoms with Crippen molar-refractivity contribution in [1.29, 1.82) is 0 Å². The second-order valence-electron chi connectivity index (χ2n) is 6.07. The maximum Gasteiger partial charge on any atom is 0.336 e. The summed E-state index contributed by atoms with van der Waals surface area (Å²) in [5.41, 5.74) is -0.753. The summed E-state index contributed by atoms with van der Waals surface area (Å²) in [7, 11) is 0. The van der Waals surface area contributed by atoms with Crippen LogP contribution in [0, 0.1) is 5.92 Å². The van der Waals surface area contributed by atoms with Crippen LogP contribution >= 0.6 is 0 Å². The first-order valence-corrected chi connectivity index (χ1v) is 7.86. The number of nitrogens with one attached hydrogen (secondary N) is 1. The highest BCUT2D eigenvalue weighted by molar-refractivity contribution is 6.03. The fraction of sp³-hybridized carbons (Fsp3) is 0.353. The summed E-state index contributed by atoms with van der Waals surface area (Å²) < 4.78 is 0. The molecule has 0 saturated heterocycles. The van der Waals surface area contributed by atoms with Crippen LogP contribution in [-0.4, -0.2) is 62.5 Å². The summed E-state index contributed by atoms with van der Waals surface area (Å²) >= 11 is 0. The first-order chi connectivity index (χ1) is 12.5. The summed E-state index contributed by atoms with van der Waals surface area (Å²) in [4.78, 5) is 58.1. The van der Waals surface area contributed by atoms with Gasteiger partial charge in [0.05, 0.1) is 11.1 Å². The number of carbonyl (C=O) groups is 5. The van der Waals surface area contributed by atoms with E-state index in [0.717, 1.165) is 19.1 Å². The van der Waals surface area contributed by atoms with Gasteiger partial charge in [-0.25, -0.2) is 9.59 Å². The molecule has 0 aliphatic rings. The van der Waals surface area contributed by atoms with Gasteiger partial charge < -0.3 is 20.6 Å². The third-order valence-corrected chi connectivity index (χ3v) is 3.67. The van der Waals surface area contributed by atoms with Crippen LogP contribution in [0.4, 0.5) is 5.69 Å². The van der Waals surface area contributed by atoms with E-state index in [1.54, 1.807) is 13.8 Å². The van der Waals surface area contributed by atoms with Crippen LogP contribution in [-0.2, 0) is 14.4 Å². The van der Waals surface area contributed by atoms with Crippen LogP contribution in [0.1, 0.15) is 41.5 Å². The summed E-state index contributed by atoms with van der Waals surface area (Å²) in [5.74, 6) is -6.17. The predicted octanol–water partition coefficient (Wildman–Crippen LogP) is 0.979. The van der Waals surface area contributed by atoms with Gasteiger partial charge in [-0.15, -0.1) is 0 Å². The number of hydrogen-bond donors (Lipinski definition) is 4. The van der Waals surface area contributed by atoms with Gasteiger partial charge in [-0.1, -0.05) is 13.8 Å². The number of imide groups is 1. The van der Waals surface area contributed by atoms with Crippen molar-refractivity contribution in [2.24, 2.45) is 5.92 Å². The Balaban J connectivity index is 3.23. The van der Waals surface area contributed by atoms with Crippen molar-refractivity contribution in [3.8, 4) is 0 Å². The summed E-state index contributed by atoms with van der Waals surface area (Å²) in [5, 5.41) is 29.9. The van der Waals surface area contributed by atoms with Gasteiger partial charge in [0, 0.05) is 12.6 Å². The molecule has 1 atom stereocenters. The standard InChI is InChI=1S/C17H20N2O8/c1-8(2)14(15(23)19(9(3)20)7-13(21)22)18-10-4-5-11(16(24)25)12(6-10)17(26)27/h4-6,8,14,18H,7H2,1-3H3,(H,21,22)(H,24,25)(H,26,27). The Kier molecular flexibility index (Phi) is 7.03. The number of carboxylic acid groups (broad SMARTS) is 3. The molecular weight excluding hydrogens is 360 g/mol. The average molecular weight is 380 g/mol. The van der Waals surface area contributed by atoms with Gasteiger partial charge in [0.15, 0.2) is 0 Å². The largest absolute Gasteiger partial charge is 0.480 e. The highest BCUT2D eigenvalue weighted by Crippen LogP contribution is 2.20. The van der Waals surface area contributed by atoms with Gasteiger partial charge >= 0.3 is 17.9 Å². The molecule has 1 unspecified atom stereocenters. The number of carboxylic acids is 3. The molecule has 0 aliphatic heterocycles. The molecule has 0 aromatic heterocycles. The quantitative estimate of drug-likeness (QED) is 0.515. The van der Waals surface area contributed by atoms with Crippen molar-refractivity contribution in [1.82, 2.24) is 4.90 Å². The maximum absolute atomic E-state index is 12.6. The van der Waals surface area contributed by atoms with E-state index in [4.69, 9.17) is 10.2 Å². The topological polar surface area (TPSA) is 161 Å². The minimum atomic E-state index is -1.46. The highest BCUT2D eigenvalue weighted by Gasteiger charge is 2.31. The van der Waals surface area contributed by atoms with E-state index in [-0.39, 0.29) is 11.6 Å². The number of amides is 2. The molecule has 146 valence electrons. The zero-order chi connectivity index (χ0) is 20.9. The van der Waals surface area contributed by atoms with Gasteiger partial charge in [0.25, 0.3) is 5.91 Å². The lowest BCUT2D eigenvalue weighted by Crippen LogP contribution is -2.49. The fourth-order valence-corrected chi connectivity index (χ4v) is 2.34. The molecule has 10 heteroatoms. The van der Waals surface area contributed by atoms with Crippen LogP contribution in [0.15, 0.2) is 18.2 Å². The predicted molar refractivity (Wildman–Crippen MR) is 92.6 cm³/mol. The molecule has 1 aromatic rings. The second kappa shape index (κ2) is 8.79. The Morgan fingerprint density at radius 3 is 1.96 bits per heavy atom. The van der Waals surface area contributed by atoms with Gasteiger partial charge in [0.1, 0.15) is 12.6 Å². The Morgan fingerprint density at radius 2 is 1.56 bits per heavy atom. The van der Waals surface area contributed by atoms with Crippen LogP contribution in [0.5, 0.6) is 0 Å². The van der Waals surface area contributed by atoms with Crippen molar-refractivity contribution in [3.63, 3.8) is 0 Å². The average Bonchev–Trinajstić information content (AvgIpc) is 2.55. The van der Waals surface area contributed by atoms with Crippen molar-refractivity contribution >= 4 is 35.4 Å². The lowest BCUT2D eigenvalue weighted by Gasteiger charge is -2.27. The van der Waals surface area contributed by atoms with Crippen LogP contribution in [0.25, 0.3) is 0 Å². The molecule has 0 aliphatic carbocycles. The van der Waals surface area contributed by atoms with E-state index in [1.165, 1.54) is 6.07 Å². The molecule has 2 amide bonds. The molecule has 1 aromatic carbocycles. The molecule has 1 rings (SSSR count). The normalized spacial score (nSPS) is 11.6. The number of carbonyl (C=O) groups excluding carboxylic acids is 2. The lowest BCUT2D eigenvalue weighted by atomic mass is 10.0. The van der Waals surface area contributed by atoms with E-state index in [9.17, 15) is 29.1 Å². The van der Waals surface area contributed by atoms with Gasteiger partial charge in [-0.05, 0) is 24.1 Å². The first-order valence-electron chi connectivity index (χ1n) is 7.86. The van der Waals surface area contributed by atoms with Crippen molar-refractivity contribution in [2.75, 3.05) is 11.9 Å². The monoisotopic (exact) mass is 380 g/mol. The van der Waals surface area contributed by atoms with E-state index in [1.807, 2.05) is 0 Å². The molecule has 0 saturated carbocycles. The molecule has 0 radical (unpaired) electrons. The fourth-order valence-electron chi connectivity index (χ4n) is 2.34. The van der Waals surface area contributed by atoms with E-state index < -0.39 is 53.4 Å². The smallest absolute Gasteiger partial charge is 0.336 e. The minimum absolute atomic E-state index is 0.142. The Hall–Kier alpha value is -3.43. The Morgan fingerprint density at radius 1 is 1.00 bits per heavy atom. The third kappa shape index (κ3) is 5.53. The number of aromatic carboxylic acids is 2. The molecule has 0 bridgehead atoms. The zero-order valence-electron chi connectivity index (χ0n) is 14.9. The number of hydrogen-bond acceptors (Lipinski definition) is 6. The van der Waals surface area contributed by atoms with Crippen LogP contribution < -0.4 is 5.32 Å². The molecular formula is C17H20N2O8. The van der Waals surface area contributed by atoms with Gasteiger partial charge in [0.2, 0.25) is 5.91 Å². The van der Waals surface area contributed by atoms with Crippen molar-refractivity contribution in [3.05, 3.63) is 29.3 Å². The Bertz CT molecular complexity index is 787. The van der Waals surface area contributed by atoms with Crippen LogP contribution in [0.3, 0.4) is 0 Å². The van der Waals surface area contributed by atoms with Crippen molar-refractivity contribution < 1.29 is 39.3 Å². The molecule has 0 fully saturated rings. The molecule has 0 heterocycles. The van der Waals surface area contributed by atoms with Gasteiger partial charge in [-0.3, -0.25) is 19.3 Å². The zero-order valence-corrected chi connectivity index (χ0v) is 14.9. The second-order valence-corrected chi connectivity index (χ2v) is 6.07. The molecule has 10 nitrogen and oxygen atoms in total. The maximum atomic E-state index is 12.6. The first kappa shape index (κ1) is 21.6. The molecule has 27 heavy (non-hydrogen) atoms. The summed E-state index contributed by atoms with van der Waals surface area (Å²) in [6.07, 6.45) is 0. The molecule has 4 N–H and O–H groups in total. The van der Waals surface area contributed by atoms with Gasteiger partial charge in [-0.2, -0.15) is 0 Å². The summed E-state index contributed by atoms with van der Waals surface area (Å²) in [6.45, 7) is 3.55. The van der Waals surface area contributed by atoms with E-state index in [0.29, 0.717) is 4.90 Å². The Labute approximate surface area is 154 Å². The van der Waals surface area contributed by atoms with E-state index in [2.05, 4.69) is 5.32 Å². The number of aliphatic carboxylic acids is 1. The third-order valence-electron chi connectivity index (χ3n) is 3.67. The van der Waals surface area contributed by atoms with Crippen molar-refractivity contribution in [2.45, 2.75) is 26.8 Å².